The minimum absolute atomic E-state index is 0.878. The molecule has 2 aromatic rings. The van der Waals surface area contributed by atoms with E-state index in [0.717, 1.165) is 25.3 Å². The van der Waals surface area contributed by atoms with Gasteiger partial charge >= 0.3 is 0 Å². The van der Waals surface area contributed by atoms with Crippen LogP contribution in [0.1, 0.15) is 17.0 Å². The number of hydrogen-bond acceptors (Lipinski definition) is 2. The summed E-state index contributed by atoms with van der Waals surface area (Å²) in [5.41, 5.74) is 4.17. The van der Waals surface area contributed by atoms with Crippen LogP contribution >= 0.6 is 0 Å². The van der Waals surface area contributed by atoms with E-state index in [9.17, 15) is 0 Å². The molecule has 3 rings (SSSR count). The summed E-state index contributed by atoms with van der Waals surface area (Å²) in [5.74, 6) is 1.04. The second-order valence-corrected chi connectivity index (χ2v) is 4.34. The van der Waals surface area contributed by atoms with Crippen LogP contribution in [0.3, 0.4) is 0 Å². The lowest BCUT2D eigenvalue weighted by Crippen LogP contribution is -2.20. The lowest BCUT2D eigenvalue weighted by Gasteiger charge is -2.17. The smallest absolute Gasteiger partial charge is 0.125 e. The first-order valence-electron chi connectivity index (χ1n) is 5.66. The molecule has 3 nitrogen and oxygen atoms in total. The third-order valence-electron chi connectivity index (χ3n) is 3.12. The highest BCUT2D eigenvalue weighted by molar-refractivity contribution is 5.58. The average Bonchev–Trinajstić information content (AvgIpc) is 2.89. The number of rotatable bonds is 2. The zero-order valence-corrected chi connectivity index (χ0v) is 9.40. The van der Waals surface area contributed by atoms with Crippen molar-refractivity contribution in [3.8, 4) is 0 Å². The topological polar surface area (TPSA) is 31.9 Å². The highest BCUT2D eigenvalue weighted by Gasteiger charge is 2.19. The molecule has 16 heavy (non-hydrogen) atoms. The highest BCUT2D eigenvalue weighted by Crippen LogP contribution is 2.29. The Hall–Kier alpha value is -1.77. The van der Waals surface area contributed by atoms with E-state index in [4.69, 9.17) is 0 Å². The summed E-state index contributed by atoms with van der Waals surface area (Å²) in [5, 5.41) is 0. The van der Waals surface area contributed by atoms with Crippen molar-refractivity contribution >= 4 is 5.69 Å². The molecular formula is C13H15N3. The summed E-state index contributed by atoms with van der Waals surface area (Å²) in [7, 11) is 0. The average molecular weight is 213 g/mol. The molecule has 82 valence electrons. The third kappa shape index (κ3) is 1.58. The van der Waals surface area contributed by atoms with Crippen LogP contribution in [0.5, 0.6) is 0 Å². The van der Waals surface area contributed by atoms with Crippen molar-refractivity contribution in [2.24, 2.45) is 0 Å². The van der Waals surface area contributed by atoms with Crippen LogP contribution in [-0.2, 0) is 13.0 Å². The van der Waals surface area contributed by atoms with Gasteiger partial charge in [0.1, 0.15) is 5.82 Å². The largest absolute Gasteiger partial charge is 0.364 e. The first-order chi connectivity index (χ1) is 7.83. The molecule has 0 saturated carbocycles. The fourth-order valence-electron chi connectivity index (χ4n) is 2.33. The van der Waals surface area contributed by atoms with Crippen molar-refractivity contribution in [1.29, 1.82) is 0 Å². The number of nitrogens with one attached hydrogen (secondary N) is 1. The van der Waals surface area contributed by atoms with E-state index >= 15 is 0 Å². The maximum atomic E-state index is 4.27. The molecule has 2 heterocycles. The monoisotopic (exact) mass is 213 g/mol. The third-order valence-corrected chi connectivity index (χ3v) is 3.12. The summed E-state index contributed by atoms with van der Waals surface area (Å²) in [4.78, 5) is 9.81. The highest BCUT2D eigenvalue weighted by atomic mass is 15.2. The van der Waals surface area contributed by atoms with Gasteiger partial charge in [-0.05, 0) is 25.0 Å². The van der Waals surface area contributed by atoms with Crippen LogP contribution in [0.25, 0.3) is 0 Å². The maximum Gasteiger partial charge on any atom is 0.125 e. The van der Waals surface area contributed by atoms with Gasteiger partial charge in [0.2, 0.25) is 0 Å². The number of fused-ring (bicyclic) bond motifs is 1. The molecule has 0 spiro atoms. The minimum atomic E-state index is 0.878. The Morgan fingerprint density at radius 2 is 2.38 bits per heavy atom. The molecule has 1 aliphatic heterocycles. The first-order valence-corrected chi connectivity index (χ1v) is 5.66. The zero-order chi connectivity index (χ0) is 11.0. The Balaban J connectivity index is 1.86. The normalized spacial score (nSPS) is 14.2. The molecule has 1 aromatic heterocycles. The van der Waals surface area contributed by atoms with Gasteiger partial charge in [-0.25, -0.2) is 4.98 Å². The van der Waals surface area contributed by atoms with Crippen molar-refractivity contribution in [2.45, 2.75) is 19.9 Å². The predicted molar refractivity (Wildman–Crippen MR) is 64.5 cm³/mol. The minimum Gasteiger partial charge on any atom is -0.364 e. The molecule has 0 amide bonds. The van der Waals surface area contributed by atoms with E-state index in [2.05, 4.69) is 40.0 Å². The van der Waals surface area contributed by atoms with Crippen molar-refractivity contribution in [3.05, 3.63) is 47.5 Å². The van der Waals surface area contributed by atoms with Crippen LogP contribution in [-0.4, -0.2) is 16.5 Å². The lowest BCUT2D eigenvalue weighted by atomic mass is 10.1. The number of imidazole rings is 1. The van der Waals surface area contributed by atoms with Gasteiger partial charge in [-0.3, -0.25) is 0 Å². The summed E-state index contributed by atoms with van der Waals surface area (Å²) in [6.45, 7) is 4.12. The van der Waals surface area contributed by atoms with Crippen LogP contribution in [0.4, 0.5) is 5.69 Å². The quantitative estimate of drug-likeness (QED) is 0.830. The molecule has 0 aliphatic carbocycles. The Morgan fingerprint density at radius 1 is 1.44 bits per heavy atom. The fourth-order valence-corrected chi connectivity index (χ4v) is 2.33. The second kappa shape index (κ2) is 3.67. The van der Waals surface area contributed by atoms with Gasteiger partial charge < -0.3 is 9.88 Å². The van der Waals surface area contributed by atoms with Gasteiger partial charge in [0.15, 0.2) is 0 Å². The predicted octanol–water partition coefficient (Wildman–Crippen LogP) is 2.28. The van der Waals surface area contributed by atoms with Crippen molar-refractivity contribution < 1.29 is 0 Å². The molecule has 0 unspecified atom stereocenters. The van der Waals surface area contributed by atoms with E-state index in [0.29, 0.717) is 0 Å². The standard InChI is InChI=1S/C13H15N3/c1-10-2-3-12-11(8-10)4-7-16(12)9-13-14-5-6-15-13/h2-3,5-6,8H,4,7,9H2,1H3,(H,14,15). The number of anilines is 1. The van der Waals surface area contributed by atoms with Gasteiger partial charge in [0.25, 0.3) is 0 Å². The van der Waals surface area contributed by atoms with Crippen molar-refractivity contribution in [1.82, 2.24) is 9.97 Å². The van der Waals surface area contributed by atoms with Gasteiger partial charge in [0.05, 0.1) is 6.54 Å². The lowest BCUT2D eigenvalue weighted by molar-refractivity contribution is 0.798. The molecule has 1 aromatic carbocycles. The molecular weight excluding hydrogens is 198 g/mol. The molecule has 1 N–H and O–H groups in total. The molecule has 0 atom stereocenters. The zero-order valence-electron chi connectivity index (χ0n) is 9.40. The van der Waals surface area contributed by atoms with Crippen molar-refractivity contribution in [2.75, 3.05) is 11.4 Å². The number of H-pyrrole nitrogens is 1. The summed E-state index contributed by atoms with van der Waals surface area (Å²) >= 11 is 0. The van der Waals surface area contributed by atoms with Gasteiger partial charge in [0, 0.05) is 24.6 Å². The Morgan fingerprint density at radius 3 is 3.19 bits per heavy atom. The van der Waals surface area contributed by atoms with Crippen LogP contribution in [0, 0.1) is 6.92 Å². The Labute approximate surface area is 95.1 Å². The first kappa shape index (κ1) is 9.46. The number of benzene rings is 1. The number of aryl methyl sites for hydroxylation is 1. The van der Waals surface area contributed by atoms with Crippen LogP contribution in [0.2, 0.25) is 0 Å². The van der Waals surface area contributed by atoms with Gasteiger partial charge in [-0.1, -0.05) is 17.7 Å². The Kier molecular flexibility index (Phi) is 2.17. The SMILES string of the molecule is Cc1ccc2c(c1)CCN2Cc1ncc[nH]1. The van der Waals surface area contributed by atoms with Crippen LogP contribution < -0.4 is 4.90 Å². The van der Waals surface area contributed by atoms with E-state index in [1.165, 1.54) is 16.8 Å². The van der Waals surface area contributed by atoms with Crippen LogP contribution in [0.15, 0.2) is 30.6 Å². The number of aromatic amines is 1. The number of aromatic nitrogens is 2. The number of hydrogen-bond donors (Lipinski definition) is 1. The summed E-state index contributed by atoms with van der Waals surface area (Å²) < 4.78 is 0. The summed E-state index contributed by atoms with van der Waals surface area (Å²) in [6.07, 6.45) is 4.83. The van der Waals surface area contributed by atoms with Gasteiger partial charge in [-0.15, -0.1) is 0 Å². The number of nitrogens with zero attached hydrogens (tertiary/aromatic N) is 2. The molecule has 1 aliphatic rings. The van der Waals surface area contributed by atoms with E-state index < -0.39 is 0 Å². The Bertz CT molecular complexity index is 488. The second-order valence-electron chi connectivity index (χ2n) is 4.34. The van der Waals surface area contributed by atoms with Crippen molar-refractivity contribution in [3.63, 3.8) is 0 Å². The van der Waals surface area contributed by atoms with Gasteiger partial charge in [-0.2, -0.15) is 0 Å². The molecule has 0 radical (unpaired) electrons. The van der Waals surface area contributed by atoms with E-state index in [1.807, 2.05) is 12.4 Å². The van der Waals surface area contributed by atoms with E-state index in [-0.39, 0.29) is 0 Å². The maximum absolute atomic E-state index is 4.27. The molecule has 0 saturated heterocycles. The van der Waals surface area contributed by atoms with E-state index in [1.54, 1.807) is 0 Å². The summed E-state index contributed by atoms with van der Waals surface area (Å²) in [6, 6.07) is 6.69. The fraction of sp³-hybridized carbons (Fsp3) is 0.308. The molecule has 0 fully saturated rings. The molecule has 0 bridgehead atoms. The molecule has 3 heteroatoms.